The van der Waals surface area contributed by atoms with E-state index in [0.29, 0.717) is 13.0 Å². The van der Waals surface area contributed by atoms with Crippen molar-refractivity contribution in [3.63, 3.8) is 0 Å². The Hall–Kier alpha value is -3.10. The molecule has 32 heavy (non-hydrogen) atoms. The second-order valence-electron chi connectivity index (χ2n) is 7.96. The predicted molar refractivity (Wildman–Crippen MR) is 125 cm³/mol. The van der Waals surface area contributed by atoms with Crippen LogP contribution < -0.4 is 9.64 Å². The Kier molecular flexibility index (Phi) is 5.96. The van der Waals surface area contributed by atoms with E-state index in [2.05, 4.69) is 28.0 Å². The minimum atomic E-state index is -0.185. The van der Waals surface area contributed by atoms with Crippen molar-refractivity contribution in [3.05, 3.63) is 70.8 Å². The van der Waals surface area contributed by atoms with E-state index < -0.39 is 0 Å². The molecule has 1 amide bonds. The highest BCUT2D eigenvalue weighted by Gasteiger charge is 2.36. The summed E-state index contributed by atoms with van der Waals surface area (Å²) in [7, 11) is 1.68. The maximum atomic E-state index is 13.3. The number of anilines is 1. The lowest BCUT2D eigenvalue weighted by molar-refractivity contribution is -0.134. The Morgan fingerprint density at radius 3 is 2.59 bits per heavy atom. The number of piperazine rings is 1. The molecule has 1 aromatic carbocycles. The van der Waals surface area contributed by atoms with Gasteiger partial charge < -0.3 is 14.1 Å². The summed E-state index contributed by atoms with van der Waals surface area (Å²) in [6.45, 7) is 3.78. The third kappa shape index (κ3) is 4.28. The van der Waals surface area contributed by atoms with Gasteiger partial charge in [0, 0.05) is 38.3 Å². The highest BCUT2D eigenvalue weighted by molar-refractivity contribution is 7.12. The third-order valence-electron chi connectivity index (χ3n) is 6.01. The second kappa shape index (κ2) is 9.18. The first-order valence-corrected chi connectivity index (χ1v) is 11.7. The van der Waals surface area contributed by atoms with Gasteiger partial charge in [-0.05, 0) is 47.8 Å². The van der Waals surface area contributed by atoms with E-state index in [9.17, 15) is 4.79 Å². The van der Waals surface area contributed by atoms with E-state index in [0.717, 1.165) is 48.3 Å². The average Bonchev–Trinajstić information content (AvgIpc) is 3.61. The van der Waals surface area contributed by atoms with E-state index in [1.165, 1.54) is 5.69 Å². The first-order chi connectivity index (χ1) is 15.7. The number of ether oxygens (including phenoxy) is 1. The van der Waals surface area contributed by atoms with Crippen LogP contribution in [-0.4, -0.2) is 61.4 Å². The summed E-state index contributed by atoms with van der Waals surface area (Å²) in [5.74, 6) is 1.64. The van der Waals surface area contributed by atoms with Gasteiger partial charge in [0.05, 0.1) is 30.5 Å². The number of methoxy groups -OCH3 is 1. The van der Waals surface area contributed by atoms with Crippen LogP contribution in [0.5, 0.6) is 5.75 Å². The fourth-order valence-corrected chi connectivity index (χ4v) is 4.98. The van der Waals surface area contributed by atoms with E-state index >= 15 is 0 Å². The van der Waals surface area contributed by atoms with Gasteiger partial charge in [0.15, 0.2) is 0 Å². The number of thiophene rings is 1. The van der Waals surface area contributed by atoms with Gasteiger partial charge in [0.1, 0.15) is 17.6 Å². The van der Waals surface area contributed by atoms with Gasteiger partial charge in [-0.15, -0.1) is 11.3 Å². The van der Waals surface area contributed by atoms with Crippen LogP contribution in [0.4, 0.5) is 5.69 Å². The number of rotatable bonds is 6. The standard InChI is InChI=1S/C24H26N4O3S/c1-30-19-8-6-18(7-9-19)27-12-10-26(11-13-27)17-24(29)28-21(22-4-2-14-31-22)16-20(25-28)23-5-3-15-32-23/h2-9,14-15,21H,10-13,16-17H2,1H3. The maximum Gasteiger partial charge on any atom is 0.257 e. The number of hydrazone groups is 1. The molecule has 0 spiro atoms. The highest BCUT2D eigenvalue weighted by Crippen LogP contribution is 2.34. The summed E-state index contributed by atoms with van der Waals surface area (Å²) in [5, 5.41) is 8.38. The van der Waals surface area contributed by atoms with Crippen molar-refractivity contribution in [1.29, 1.82) is 0 Å². The number of amides is 1. The molecule has 4 heterocycles. The smallest absolute Gasteiger partial charge is 0.257 e. The van der Waals surface area contributed by atoms with E-state index in [-0.39, 0.29) is 11.9 Å². The van der Waals surface area contributed by atoms with Gasteiger partial charge in [-0.2, -0.15) is 5.10 Å². The molecular weight excluding hydrogens is 424 g/mol. The quantitative estimate of drug-likeness (QED) is 0.571. The molecule has 7 nitrogen and oxygen atoms in total. The molecular formula is C24H26N4O3S. The van der Waals surface area contributed by atoms with Crippen molar-refractivity contribution in [2.75, 3.05) is 44.7 Å². The largest absolute Gasteiger partial charge is 0.497 e. The van der Waals surface area contributed by atoms with Gasteiger partial charge in [-0.25, -0.2) is 5.01 Å². The van der Waals surface area contributed by atoms with E-state index in [4.69, 9.17) is 14.3 Å². The third-order valence-corrected chi connectivity index (χ3v) is 6.93. The second-order valence-corrected chi connectivity index (χ2v) is 8.91. The SMILES string of the molecule is COc1ccc(N2CCN(CC(=O)N3N=C(c4cccs4)CC3c3ccco3)CC2)cc1. The number of hydrogen-bond donors (Lipinski definition) is 0. The minimum absolute atomic E-state index is 0.0100. The van der Waals surface area contributed by atoms with Crippen LogP contribution in [0.15, 0.2) is 69.7 Å². The molecule has 1 saturated heterocycles. The van der Waals surface area contributed by atoms with Gasteiger partial charge in [0.25, 0.3) is 5.91 Å². The maximum absolute atomic E-state index is 13.3. The molecule has 0 radical (unpaired) electrons. The van der Waals surface area contributed by atoms with Crippen molar-refractivity contribution < 1.29 is 13.9 Å². The first kappa shape index (κ1) is 20.8. The van der Waals surface area contributed by atoms with E-state index in [1.54, 1.807) is 29.7 Å². The molecule has 0 saturated carbocycles. The molecule has 1 atom stereocenters. The average molecular weight is 451 g/mol. The molecule has 5 rings (SSSR count). The minimum Gasteiger partial charge on any atom is -0.497 e. The molecule has 1 fully saturated rings. The lowest BCUT2D eigenvalue weighted by Crippen LogP contribution is -2.49. The number of furan rings is 1. The van der Waals surface area contributed by atoms with Crippen molar-refractivity contribution in [3.8, 4) is 5.75 Å². The lowest BCUT2D eigenvalue weighted by Gasteiger charge is -2.36. The molecule has 0 bridgehead atoms. The van der Waals surface area contributed by atoms with Crippen molar-refractivity contribution in [2.45, 2.75) is 12.5 Å². The van der Waals surface area contributed by atoms with Crippen molar-refractivity contribution in [1.82, 2.24) is 9.91 Å². The van der Waals surface area contributed by atoms with Crippen LogP contribution in [0.2, 0.25) is 0 Å². The molecule has 0 N–H and O–H groups in total. The van der Waals surface area contributed by atoms with Crippen molar-refractivity contribution in [2.24, 2.45) is 5.10 Å². The van der Waals surface area contributed by atoms with Gasteiger partial charge >= 0.3 is 0 Å². The molecule has 166 valence electrons. The van der Waals surface area contributed by atoms with E-state index in [1.807, 2.05) is 35.7 Å². The Labute approximate surface area is 191 Å². The molecule has 8 heteroatoms. The Bertz CT molecular complexity index is 1060. The first-order valence-electron chi connectivity index (χ1n) is 10.8. The van der Waals surface area contributed by atoms with Crippen LogP contribution in [0.3, 0.4) is 0 Å². The summed E-state index contributed by atoms with van der Waals surface area (Å²) in [5.41, 5.74) is 2.12. The van der Waals surface area contributed by atoms with Crippen LogP contribution in [0.25, 0.3) is 0 Å². The molecule has 2 aliphatic rings. The summed E-state index contributed by atoms with van der Waals surface area (Å²) >= 11 is 1.65. The number of hydrogen-bond acceptors (Lipinski definition) is 7. The predicted octanol–water partition coefficient (Wildman–Crippen LogP) is 3.85. The molecule has 1 unspecified atom stereocenters. The Morgan fingerprint density at radius 1 is 1.12 bits per heavy atom. The molecule has 3 aromatic rings. The van der Waals surface area contributed by atoms with Gasteiger partial charge in [0.2, 0.25) is 0 Å². The monoisotopic (exact) mass is 450 g/mol. The van der Waals surface area contributed by atoms with Crippen LogP contribution >= 0.6 is 11.3 Å². The summed E-state index contributed by atoms with van der Waals surface area (Å²) < 4.78 is 10.9. The zero-order valence-electron chi connectivity index (χ0n) is 18.0. The Morgan fingerprint density at radius 2 is 1.94 bits per heavy atom. The number of carbonyl (C=O) groups is 1. The normalized spacial score (nSPS) is 19.3. The molecule has 2 aromatic heterocycles. The van der Waals surface area contributed by atoms with Crippen LogP contribution in [0, 0.1) is 0 Å². The van der Waals surface area contributed by atoms with Gasteiger partial charge in [-0.1, -0.05) is 6.07 Å². The molecule has 2 aliphatic heterocycles. The van der Waals surface area contributed by atoms with Crippen LogP contribution in [0.1, 0.15) is 23.1 Å². The zero-order chi connectivity index (χ0) is 21.9. The lowest BCUT2D eigenvalue weighted by atomic mass is 10.1. The zero-order valence-corrected chi connectivity index (χ0v) is 18.8. The van der Waals surface area contributed by atoms with Crippen LogP contribution in [-0.2, 0) is 4.79 Å². The topological polar surface area (TPSA) is 61.5 Å². The fourth-order valence-electron chi connectivity index (χ4n) is 4.26. The molecule has 0 aliphatic carbocycles. The number of nitrogens with zero attached hydrogens (tertiary/aromatic N) is 4. The van der Waals surface area contributed by atoms with Gasteiger partial charge in [-0.3, -0.25) is 9.69 Å². The summed E-state index contributed by atoms with van der Waals surface area (Å²) in [4.78, 5) is 18.9. The fraction of sp³-hybridized carbons (Fsp3) is 0.333. The Balaban J connectivity index is 1.23. The van der Waals surface area contributed by atoms with Crippen molar-refractivity contribution >= 4 is 28.6 Å². The highest BCUT2D eigenvalue weighted by atomic mass is 32.1. The summed E-state index contributed by atoms with van der Waals surface area (Å²) in [6, 6.07) is 15.8. The number of carbonyl (C=O) groups excluding carboxylic acids is 1. The number of benzene rings is 1. The summed E-state index contributed by atoms with van der Waals surface area (Å²) in [6.07, 6.45) is 2.32.